The normalized spacial score (nSPS) is 18.5. The Morgan fingerprint density at radius 1 is 1.33 bits per heavy atom. The number of hydrogen-bond donors (Lipinski definition) is 1. The number of hydrogen-bond acceptors (Lipinski definition) is 5. The van der Waals surface area contributed by atoms with Gasteiger partial charge in [-0.1, -0.05) is 13.8 Å². The molecule has 84 valence electrons. The van der Waals surface area contributed by atoms with Gasteiger partial charge >= 0.3 is 5.97 Å². The lowest BCUT2D eigenvalue weighted by Gasteiger charge is -2.17. The Bertz CT molecular complexity index is 284. The molecule has 1 rings (SSSR count). The third kappa shape index (κ3) is 2.53. The Kier molecular flexibility index (Phi) is 3.41. The van der Waals surface area contributed by atoms with Gasteiger partial charge in [-0.25, -0.2) is 4.79 Å². The van der Waals surface area contributed by atoms with E-state index in [1.54, 1.807) is 13.8 Å². The fourth-order valence-electron chi connectivity index (χ4n) is 1.08. The molecule has 1 aliphatic rings. The summed E-state index contributed by atoms with van der Waals surface area (Å²) in [6, 6.07) is -0.828. The van der Waals surface area contributed by atoms with E-state index >= 15 is 0 Å². The largest absolute Gasteiger partial charge is 0.349 e. The molecule has 0 aromatic rings. The standard InChI is InChI=1S/C9H14N2O4/c1-5(2)8(10)9(14)15-11-6(12)3-4-7(11)13/h5,8H,3-4,10H2,1-2H3. The van der Waals surface area contributed by atoms with Crippen LogP contribution in [0.3, 0.4) is 0 Å². The molecule has 0 spiro atoms. The van der Waals surface area contributed by atoms with Crippen molar-refractivity contribution in [1.82, 2.24) is 5.06 Å². The van der Waals surface area contributed by atoms with Gasteiger partial charge in [0.2, 0.25) is 0 Å². The molecule has 6 heteroatoms. The fraction of sp³-hybridized carbons (Fsp3) is 0.667. The van der Waals surface area contributed by atoms with Crippen molar-refractivity contribution in [3.8, 4) is 0 Å². The Morgan fingerprint density at radius 2 is 1.80 bits per heavy atom. The summed E-state index contributed by atoms with van der Waals surface area (Å²) in [5.74, 6) is -1.85. The second kappa shape index (κ2) is 4.39. The van der Waals surface area contributed by atoms with Crippen LogP contribution in [0.4, 0.5) is 0 Å². The van der Waals surface area contributed by atoms with Crippen LogP contribution < -0.4 is 5.73 Å². The summed E-state index contributed by atoms with van der Waals surface area (Å²) >= 11 is 0. The highest BCUT2D eigenvalue weighted by molar-refractivity contribution is 6.01. The smallest absolute Gasteiger partial charge is 0.329 e. The molecule has 0 radical (unpaired) electrons. The van der Waals surface area contributed by atoms with Gasteiger partial charge in [0.25, 0.3) is 11.8 Å². The van der Waals surface area contributed by atoms with Gasteiger partial charge in [0, 0.05) is 12.8 Å². The predicted molar refractivity (Wildman–Crippen MR) is 50.0 cm³/mol. The Balaban J connectivity index is 2.58. The molecule has 0 saturated carbocycles. The Morgan fingerprint density at radius 3 is 2.20 bits per heavy atom. The van der Waals surface area contributed by atoms with Gasteiger partial charge < -0.3 is 10.6 Å². The van der Waals surface area contributed by atoms with Crippen molar-refractivity contribution < 1.29 is 19.2 Å². The number of imide groups is 1. The monoisotopic (exact) mass is 214 g/mol. The highest BCUT2D eigenvalue weighted by atomic mass is 16.7. The second-order valence-corrected chi connectivity index (χ2v) is 3.76. The summed E-state index contributed by atoms with van der Waals surface area (Å²) in [5.41, 5.74) is 5.51. The average Bonchev–Trinajstić information content (AvgIpc) is 2.47. The molecule has 1 fully saturated rings. The van der Waals surface area contributed by atoms with E-state index in [2.05, 4.69) is 4.84 Å². The summed E-state index contributed by atoms with van der Waals surface area (Å²) in [6.45, 7) is 3.50. The highest BCUT2D eigenvalue weighted by Gasteiger charge is 2.34. The van der Waals surface area contributed by atoms with Gasteiger partial charge in [0.1, 0.15) is 6.04 Å². The summed E-state index contributed by atoms with van der Waals surface area (Å²) in [5, 5.41) is 0.505. The predicted octanol–water partition coefficient (Wildman–Crippen LogP) is -0.423. The lowest BCUT2D eigenvalue weighted by molar-refractivity contribution is -0.199. The molecular formula is C9H14N2O4. The number of nitrogens with zero attached hydrogens (tertiary/aromatic N) is 1. The maximum atomic E-state index is 11.3. The molecule has 6 nitrogen and oxygen atoms in total. The van der Waals surface area contributed by atoms with Crippen LogP contribution in [-0.2, 0) is 19.2 Å². The zero-order valence-electron chi connectivity index (χ0n) is 8.73. The summed E-state index contributed by atoms with van der Waals surface area (Å²) in [4.78, 5) is 38.2. The third-order valence-corrected chi connectivity index (χ3v) is 2.18. The molecular weight excluding hydrogens is 200 g/mol. The first-order valence-corrected chi connectivity index (χ1v) is 4.76. The minimum atomic E-state index is -0.828. The van der Waals surface area contributed by atoms with E-state index in [0.717, 1.165) is 0 Å². The Hall–Kier alpha value is -1.43. The SMILES string of the molecule is CC(C)C(N)C(=O)ON1C(=O)CCC1=O. The van der Waals surface area contributed by atoms with Gasteiger partial charge in [-0.05, 0) is 5.92 Å². The summed E-state index contributed by atoms with van der Waals surface area (Å²) in [7, 11) is 0. The lowest BCUT2D eigenvalue weighted by Crippen LogP contribution is -2.42. The fourth-order valence-corrected chi connectivity index (χ4v) is 1.08. The lowest BCUT2D eigenvalue weighted by atomic mass is 10.1. The molecule has 0 aliphatic carbocycles. The molecule has 1 aliphatic heterocycles. The van der Waals surface area contributed by atoms with Crippen molar-refractivity contribution in [2.45, 2.75) is 32.7 Å². The van der Waals surface area contributed by atoms with E-state index < -0.39 is 23.8 Å². The maximum Gasteiger partial charge on any atom is 0.349 e. The first-order chi connectivity index (χ1) is 6.93. The molecule has 2 N–H and O–H groups in total. The van der Waals surface area contributed by atoms with Gasteiger partial charge in [-0.3, -0.25) is 9.59 Å². The summed E-state index contributed by atoms with van der Waals surface area (Å²) < 4.78 is 0. The molecule has 0 bridgehead atoms. The van der Waals surface area contributed by atoms with Crippen molar-refractivity contribution in [2.75, 3.05) is 0 Å². The van der Waals surface area contributed by atoms with Gasteiger partial charge in [0.15, 0.2) is 0 Å². The van der Waals surface area contributed by atoms with E-state index in [1.165, 1.54) is 0 Å². The van der Waals surface area contributed by atoms with E-state index in [9.17, 15) is 14.4 Å². The average molecular weight is 214 g/mol. The van der Waals surface area contributed by atoms with Crippen LogP contribution in [0.5, 0.6) is 0 Å². The van der Waals surface area contributed by atoms with Crippen molar-refractivity contribution in [3.63, 3.8) is 0 Å². The van der Waals surface area contributed by atoms with Crippen LogP contribution in [0.1, 0.15) is 26.7 Å². The number of amides is 2. The third-order valence-electron chi connectivity index (χ3n) is 2.18. The van der Waals surface area contributed by atoms with Crippen LogP contribution in [0.15, 0.2) is 0 Å². The topological polar surface area (TPSA) is 89.7 Å². The van der Waals surface area contributed by atoms with Gasteiger partial charge in [-0.15, -0.1) is 5.06 Å². The van der Waals surface area contributed by atoms with Crippen molar-refractivity contribution >= 4 is 17.8 Å². The molecule has 1 atom stereocenters. The zero-order chi connectivity index (χ0) is 11.6. The molecule has 1 saturated heterocycles. The Labute approximate surface area is 87.3 Å². The van der Waals surface area contributed by atoms with Crippen LogP contribution in [-0.4, -0.2) is 28.9 Å². The quantitative estimate of drug-likeness (QED) is 0.644. The number of rotatable bonds is 3. The summed E-state index contributed by atoms with van der Waals surface area (Å²) in [6.07, 6.45) is 0.173. The van der Waals surface area contributed by atoms with Crippen molar-refractivity contribution in [1.29, 1.82) is 0 Å². The molecule has 1 unspecified atom stereocenters. The number of carbonyl (C=O) groups is 3. The molecule has 2 amide bonds. The first-order valence-electron chi connectivity index (χ1n) is 4.76. The number of nitrogens with two attached hydrogens (primary N) is 1. The highest BCUT2D eigenvalue weighted by Crippen LogP contribution is 2.13. The van der Waals surface area contributed by atoms with E-state index in [1.807, 2.05) is 0 Å². The van der Waals surface area contributed by atoms with Crippen molar-refractivity contribution in [2.24, 2.45) is 11.7 Å². The zero-order valence-corrected chi connectivity index (χ0v) is 8.73. The number of carbonyl (C=O) groups excluding carboxylic acids is 3. The van der Waals surface area contributed by atoms with Crippen LogP contribution in [0.25, 0.3) is 0 Å². The molecule has 0 aromatic carbocycles. The van der Waals surface area contributed by atoms with Crippen LogP contribution in [0.2, 0.25) is 0 Å². The van der Waals surface area contributed by atoms with Crippen molar-refractivity contribution in [3.05, 3.63) is 0 Å². The van der Waals surface area contributed by atoms with E-state index in [-0.39, 0.29) is 18.8 Å². The minimum absolute atomic E-state index is 0.0863. The number of hydroxylamine groups is 2. The van der Waals surface area contributed by atoms with E-state index in [4.69, 9.17) is 5.73 Å². The minimum Gasteiger partial charge on any atom is -0.329 e. The van der Waals surface area contributed by atoms with E-state index in [0.29, 0.717) is 5.06 Å². The molecule has 0 aromatic heterocycles. The van der Waals surface area contributed by atoms with Crippen LogP contribution in [0, 0.1) is 5.92 Å². The van der Waals surface area contributed by atoms with Gasteiger partial charge in [0.05, 0.1) is 0 Å². The van der Waals surface area contributed by atoms with Gasteiger partial charge in [-0.2, -0.15) is 0 Å². The van der Waals surface area contributed by atoms with Crippen LogP contribution >= 0.6 is 0 Å². The molecule has 15 heavy (non-hydrogen) atoms. The first kappa shape index (κ1) is 11.6. The maximum absolute atomic E-state index is 11.3. The molecule has 1 heterocycles. The second-order valence-electron chi connectivity index (χ2n) is 3.76.